The Morgan fingerprint density at radius 1 is 1.20 bits per heavy atom. The Bertz CT molecular complexity index is 651. The van der Waals surface area contributed by atoms with Gasteiger partial charge in [0, 0.05) is 11.3 Å². The molecule has 3 aromatic rings. The molecular formula is C10H6NO2S2+. The molecule has 0 aliphatic heterocycles. The van der Waals surface area contributed by atoms with Gasteiger partial charge in [0.25, 0.3) is 5.69 Å². The summed E-state index contributed by atoms with van der Waals surface area (Å²) < 4.78 is 7.55. The molecule has 0 aliphatic rings. The van der Waals surface area contributed by atoms with Crippen LogP contribution in [0.1, 0.15) is 0 Å². The molecule has 0 atom stereocenters. The standard InChI is InChI=1S/C10H6NO2S2/c12-10-13-11-8(6-14-9(11)15-10)7-4-2-1-3-5-7/h1-6H/q+1. The van der Waals surface area contributed by atoms with Gasteiger partial charge >= 0.3 is 9.08 Å². The summed E-state index contributed by atoms with van der Waals surface area (Å²) in [6, 6.07) is 9.87. The van der Waals surface area contributed by atoms with Crippen molar-refractivity contribution in [1.29, 1.82) is 0 Å². The third kappa shape index (κ3) is 1.40. The molecule has 2 heterocycles. The van der Waals surface area contributed by atoms with Crippen molar-refractivity contribution in [2.24, 2.45) is 0 Å². The highest BCUT2D eigenvalue weighted by molar-refractivity contribution is 7.33. The van der Waals surface area contributed by atoms with E-state index >= 15 is 0 Å². The molecule has 1 aromatic carbocycles. The molecular weight excluding hydrogens is 230 g/mol. The highest BCUT2D eigenvalue weighted by Gasteiger charge is 2.21. The summed E-state index contributed by atoms with van der Waals surface area (Å²) in [4.78, 5) is 10.8. The summed E-state index contributed by atoms with van der Waals surface area (Å²) in [5, 5.41) is 1.99. The van der Waals surface area contributed by atoms with Gasteiger partial charge in [-0.2, -0.15) is 4.52 Å². The topological polar surface area (TPSA) is 34.3 Å². The van der Waals surface area contributed by atoms with E-state index in [0.29, 0.717) is 0 Å². The SMILES string of the molecule is O=c1o[n+]2c(-c3ccccc3)csc2s1. The fourth-order valence-electron chi connectivity index (χ4n) is 1.41. The second-order valence-corrected chi connectivity index (χ2v) is 5.03. The number of aromatic nitrogens is 1. The van der Waals surface area contributed by atoms with E-state index in [1.54, 1.807) is 4.57 Å². The Morgan fingerprint density at radius 2 is 2.00 bits per heavy atom. The van der Waals surface area contributed by atoms with Gasteiger partial charge in [-0.15, -0.1) is 0 Å². The number of fused-ring (bicyclic) bond motifs is 1. The fourth-order valence-corrected chi connectivity index (χ4v) is 3.10. The molecule has 3 nitrogen and oxygen atoms in total. The lowest BCUT2D eigenvalue weighted by atomic mass is 10.2. The van der Waals surface area contributed by atoms with E-state index in [1.807, 2.05) is 35.7 Å². The maximum Gasteiger partial charge on any atom is 0.467 e. The highest BCUT2D eigenvalue weighted by atomic mass is 32.2. The zero-order valence-electron chi connectivity index (χ0n) is 7.54. The smallest absolute Gasteiger partial charge is 0.226 e. The first-order valence-corrected chi connectivity index (χ1v) is 6.03. The summed E-state index contributed by atoms with van der Waals surface area (Å²) >= 11 is 2.64. The minimum Gasteiger partial charge on any atom is -0.226 e. The zero-order chi connectivity index (χ0) is 10.3. The molecule has 0 aliphatic carbocycles. The Labute approximate surface area is 92.8 Å². The van der Waals surface area contributed by atoms with E-state index in [9.17, 15) is 4.79 Å². The van der Waals surface area contributed by atoms with Crippen molar-refractivity contribution in [1.82, 2.24) is 0 Å². The van der Waals surface area contributed by atoms with Crippen LogP contribution in [0.4, 0.5) is 0 Å². The fraction of sp³-hybridized carbons (Fsp3) is 0. The van der Waals surface area contributed by atoms with Gasteiger partial charge in [-0.05, 0) is 12.1 Å². The van der Waals surface area contributed by atoms with E-state index in [2.05, 4.69) is 0 Å². The monoisotopic (exact) mass is 236 g/mol. The summed E-state index contributed by atoms with van der Waals surface area (Å²) in [6.07, 6.45) is 0. The number of nitrogens with zero attached hydrogens (tertiary/aromatic N) is 1. The van der Waals surface area contributed by atoms with Crippen molar-refractivity contribution in [2.75, 3.05) is 0 Å². The maximum atomic E-state index is 11.1. The molecule has 0 radical (unpaired) electrons. The summed E-state index contributed by atoms with van der Waals surface area (Å²) in [6.45, 7) is 0. The normalized spacial score (nSPS) is 10.9. The average molecular weight is 236 g/mol. The van der Waals surface area contributed by atoms with Gasteiger partial charge in [-0.3, -0.25) is 0 Å². The molecule has 0 amide bonds. The van der Waals surface area contributed by atoms with Crippen LogP contribution >= 0.6 is 22.7 Å². The molecule has 15 heavy (non-hydrogen) atoms. The second kappa shape index (κ2) is 3.29. The third-order valence-corrected chi connectivity index (χ3v) is 3.89. The van der Waals surface area contributed by atoms with Crippen LogP contribution in [-0.2, 0) is 0 Å². The molecule has 0 spiro atoms. The van der Waals surface area contributed by atoms with Crippen LogP contribution < -0.4 is 9.51 Å². The molecule has 5 heteroatoms. The lowest BCUT2D eigenvalue weighted by Crippen LogP contribution is -2.19. The first-order valence-electron chi connectivity index (χ1n) is 4.34. The Hall–Kier alpha value is -1.46. The molecule has 0 saturated carbocycles. The van der Waals surface area contributed by atoms with Crippen molar-refractivity contribution in [3.8, 4) is 11.3 Å². The molecule has 3 rings (SSSR count). The van der Waals surface area contributed by atoms with Crippen LogP contribution in [0, 0.1) is 0 Å². The predicted octanol–water partition coefficient (Wildman–Crippen LogP) is 2.17. The molecule has 0 saturated heterocycles. The molecule has 0 bridgehead atoms. The van der Waals surface area contributed by atoms with Crippen LogP contribution in [0.25, 0.3) is 15.4 Å². The van der Waals surface area contributed by atoms with E-state index in [4.69, 9.17) is 4.52 Å². The number of benzene rings is 1. The summed E-state index contributed by atoms with van der Waals surface area (Å²) in [7, 11) is 0. The Balaban J connectivity index is 2.31. The molecule has 74 valence electrons. The van der Waals surface area contributed by atoms with Gasteiger partial charge < -0.3 is 0 Å². The van der Waals surface area contributed by atoms with E-state index < -0.39 is 0 Å². The van der Waals surface area contributed by atoms with Crippen LogP contribution in [0.2, 0.25) is 0 Å². The lowest BCUT2D eigenvalue weighted by molar-refractivity contribution is -0.706. The van der Waals surface area contributed by atoms with Crippen molar-refractivity contribution < 1.29 is 9.10 Å². The van der Waals surface area contributed by atoms with E-state index in [1.165, 1.54) is 11.3 Å². The first kappa shape index (κ1) is 8.82. The van der Waals surface area contributed by atoms with Crippen LogP contribution in [-0.4, -0.2) is 0 Å². The van der Waals surface area contributed by atoms with Gasteiger partial charge in [0.05, 0.1) is 15.5 Å². The van der Waals surface area contributed by atoms with Gasteiger partial charge in [0.15, 0.2) is 0 Å². The van der Waals surface area contributed by atoms with Crippen LogP contribution in [0.15, 0.2) is 45.0 Å². The predicted molar refractivity (Wildman–Crippen MR) is 59.3 cm³/mol. The maximum absolute atomic E-state index is 11.1. The van der Waals surface area contributed by atoms with Gasteiger partial charge in [0.1, 0.15) is 0 Å². The first-order chi connectivity index (χ1) is 7.34. The van der Waals surface area contributed by atoms with Gasteiger partial charge in [-0.25, -0.2) is 4.79 Å². The van der Waals surface area contributed by atoms with Crippen molar-refractivity contribution in [3.63, 3.8) is 0 Å². The van der Waals surface area contributed by atoms with Gasteiger partial charge in [-0.1, -0.05) is 29.5 Å². The highest BCUT2D eigenvalue weighted by Crippen LogP contribution is 2.21. The minimum atomic E-state index is -0.265. The quantitative estimate of drug-likeness (QED) is 0.607. The zero-order valence-corrected chi connectivity index (χ0v) is 9.18. The van der Waals surface area contributed by atoms with Gasteiger partial charge in [0.2, 0.25) is 0 Å². The minimum absolute atomic E-state index is 0.265. The number of thiazole rings is 1. The number of hydrogen-bond acceptors (Lipinski definition) is 4. The van der Waals surface area contributed by atoms with E-state index in [-0.39, 0.29) is 4.94 Å². The summed E-state index contributed by atoms with van der Waals surface area (Å²) in [5.41, 5.74) is 1.98. The van der Waals surface area contributed by atoms with Crippen molar-refractivity contribution >= 4 is 26.8 Å². The molecule has 0 unspecified atom stereocenters. The molecule has 2 aromatic heterocycles. The third-order valence-electron chi connectivity index (χ3n) is 2.06. The van der Waals surface area contributed by atoms with Crippen LogP contribution in [0.3, 0.4) is 0 Å². The van der Waals surface area contributed by atoms with Crippen molar-refractivity contribution in [3.05, 3.63) is 45.4 Å². The largest absolute Gasteiger partial charge is 0.467 e. The Kier molecular flexibility index (Phi) is 1.93. The lowest BCUT2D eigenvalue weighted by Gasteiger charge is -1.87. The van der Waals surface area contributed by atoms with Crippen molar-refractivity contribution in [2.45, 2.75) is 0 Å². The number of hydrogen-bond donors (Lipinski definition) is 0. The Morgan fingerprint density at radius 3 is 2.80 bits per heavy atom. The van der Waals surface area contributed by atoms with E-state index in [0.717, 1.165) is 26.7 Å². The number of rotatable bonds is 1. The average Bonchev–Trinajstić information content (AvgIpc) is 2.77. The molecule has 0 N–H and O–H groups in total. The van der Waals surface area contributed by atoms with Crippen LogP contribution in [0.5, 0.6) is 0 Å². The summed E-state index contributed by atoms with van der Waals surface area (Å²) in [5.74, 6) is 0. The second-order valence-electron chi connectivity index (χ2n) is 2.99. The molecule has 0 fully saturated rings.